The molecule has 0 atom stereocenters. The highest BCUT2D eigenvalue weighted by molar-refractivity contribution is 9.10. The maximum Gasteiger partial charge on any atom is 0.416 e. The normalized spacial score (nSPS) is 11.7. The Kier molecular flexibility index (Phi) is 5.35. The number of hydrogen-bond acceptors (Lipinski definition) is 2. The molecule has 0 aliphatic rings. The third-order valence-corrected chi connectivity index (χ3v) is 4.30. The number of alkyl halides is 3. The summed E-state index contributed by atoms with van der Waals surface area (Å²) < 4.78 is 40.2. The highest BCUT2D eigenvalue weighted by Crippen LogP contribution is 2.37. The fourth-order valence-electron chi connectivity index (χ4n) is 1.92. The molecule has 2 aromatic rings. The molecule has 2 rings (SSSR count). The molecule has 0 amide bonds. The maximum atomic E-state index is 13.1. The largest absolute Gasteiger partial charge is 0.416 e. The molecule has 0 saturated carbocycles. The average Bonchev–Trinajstić information content (AvgIpc) is 2.39. The van der Waals surface area contributed by atoms with Crippen molar-refractivity contribution in [1.29, 1.82) is 0 Å². The van der Waals surface area contributed by atoms with Gasteiger partial charge in [-0.25, -0.2) is 0 Å². The van der Waals surface area contributed by atoms with Crippen molar-refractivity contribution >= 4 is 27.7 Å². The van der Waals surface area contributed by atoms with Crippen LogP contribution >= 0.6 is 27.7 Å². The van der Waals surface area contributed by atoms with Gasteiger partial charge in [0.2, 0.25) is 0 Å². The van der Waals surface area contributed by atoms with Crippen LogP contribution in [0.15, 0.2) is 56.7 Å². The Morgan fingerprint density at radius 1 is 1.05 bits per heavy atom. The van der Waals surface area contributed by atoms with Crippen molar-refractivity contribution in [1.82, 2.24) is 0 Å². The van der Waals surface area contributed by atoms with Crippen LogP contribution in [0.1, 0.15) is 11.1 Å². The Morgan fingerprint density at radius 2 is 1.76 bits per heavy atom. The van der Waals surface area contributed by atoms with E-state index in [0.717, 1.165) is 9.37 Å². The molecule has 0 heterocycles. The molecule has 0 aliphatic carbocycles. The Labute approximate surface area is 133 Å². The van der Waals surface area contributed by atoms with Crippen LogP contribution in [0.4, 0.5) is 13.2 Å². The lowest BCUT2D eigenvalue weighted by atomic mass is 10.0. The van der Waals surface area contributed by atoms with Gasteiger partial charge in [0, 0.05) is 14.3 Å². The fourth-order valence-corrected chi connectivity index (χ4v) is 3.39. The first-order valence-corrected chi connectivity index (χ1v) is 7.84. The summed E-state index contributed by atoms with van der Waals surface area (Å²) in [4.78, 5) is 1.44. The molecule has 6 heteroatoms. The molecular formula is C15H13BrF3NS. The highest BCUT2D eigenvalue weighted by atomic mass is 79.9. The van der Waals surface area contributed by atoms with E-state index in [1.165, 1.54) is 23.9 Å². The van der Waals surface area contributed by atoms with Crippen molar-refractivity contribution in [2.45, 2.75) is 22.4 Å². The first kappa shape index (κ1) is 16.4. The van der Waals surface area contributed by atoms with Gasteiger partial charge in [-0.1, -0.05) is 39.8 Å². The number of nitrogens with two attached hydrogens (primary N) is 1. The first-order chi connectivity index (χ1) is 9.90. The standard InChI is InChI=1S/C15H13BrF3NS/c16-11-2-1-3-12(8-11)21-13-5-4-10(6-7-20)14(9-13)15(17,18)19/h1-5,8-9H,6-7,20H2. The summed E-state index contributed by atoms with van der Waals surface area (Å²) in [5.74, 6) is 0. The lowest BCUT2D eigenvalue weighted by Crippen LogP contribution is -2.12. The zero-order chi connectivity index (χ0) is 15.5. The van der Waals surface area contributed by atoms with Crippen LogP contribution in [0.3, 0.4) is 0 Å². The van der Waals surface area contributed by atoms with Crippen LogP contribution in [-0.2, 0) is 12.6 Å². The molecule has 0 unspecified atom stereocenters. The maximum absolute atomic E-state index is 13.1. The van der Waals surface area contributed by atoms with E-state index in [-0.39, 0.29) is 18.5 Å². The van der Waals surface area contributed by atoms with Gasteiger partial charge >= 0.3 is 6.18 Å². The zero-order valence-electron chi connectivity index (χ0n) is 11.0. The second kappa shape index (κ2) is 6.85. The highest BCUT2D eigenvalue weighted by Gasteiger charge is 2.33. The molecule has 0 bridgehead atoms. The number of rotatable bonds is 4. The van der Waals surface area contributed by atoms with Gasteiger partial charge < -0.3 is 5.73 Å². The van der Waals surface area contributed by atoms with Crippen molar-refractivity contribution in [3.63, 3.8) is 0 Å². The van der Waals surface area contributed by atoms with Crippen LogP contribution in [0.2, 0.25) is 0 Å². The summed E-state index contributed by atoms with van der Waals surface area (Å²) in [6.45, 7) is 0.196. The molecule has 2 N–H and O–H groups in total. The smallest absolute Gasteiger partial charge is 0.330 e. The van der Waals surface area contributed by atoms with E-state index in [0.29, 0.717) is 4.90 Å². The van der Waals surface area contributed by atoms with Crippen molar-refractivity contribution in [2.75, 3.05) is 6.54 Å². The molecule has 112 valence electrons. The van der Waals surface area contributed by atoms with E-state index in [1.807, 2.05) is 24.3 Å². The predicted molar refractivity (Wildman–Crippen MR) is 82.5 cm³/mol. The average molecular weight is 376 g/mol. The third-order valence-electron chi connectivity index (χ3n) is 2.83. The summed E-state index contributed by atoms with van der Waals surface area (Å²) in [5.41, 5.74) is 5.01. The molecule has 0 aromatic heterocycles. The second-order valence-corrected chi connectivity index (χ2v) is 6.48. The van der Waals surface area contributed by atoms with Crippen molar-refractivity contribution in [3.05, 3.63) is 58.1 Å². The van der Waals surface area contributed by atoms with E-state index in [1.54, 1.807) is 6.07 Å². The van der Waals surface area contributed by atoms with Crippen LogP contribution in [-0.4, -0.2) is 6.54 Å². The fraction of sp³-hybridized carbons (Fsp3) is 0.200. The van der Waals surface area contributed by atoms with Crippen LogP contribution in [0.5, 0.6) is 0 Å². The summed E-state index contributed by atoms with van der Waals surface area (Å²) in [6.07, 6.45) is -4.14. The van der Waals surface area contributed by atoms with E-state index < -0.39 is 11.7 Å². The molecule has 0 aliphatic heterocycles. The third kappa shape index (κ3) is 4.49. The molecular weight excluding hydrogens is 363 g/mol. The second-order valence-electron chi connectivity index (χ2n) is 4.41. The number of halogens is 4. The van der Waals surface area contributed by atoms with Crippen LogP contribution in [0.25, 0.3) is 0 Å². The van der Waals surface area contributed by atoms with Crippen LogP contribution in [0, 0.1) is 0 Å². The predicted octanol–water partition coefficient (Wildman–Crippen LogP) is 5.12. The van der Waals surface area contributed by atoms with Crippen molar-refractivity contribution in [3.8, 4) is 0 Å². The van der Waals surface area contributed by atoms with Gasteiger partial charge in [0.25, 0.3) is 0 Å². The summed E-state index contributed by atoms with van der Waals surface area (Å²) >= 11 is 4.64. The quantitative estimate of drug-likeness (QED) is 0.802. The summed E-state index contributed by atoms with van der Waals surface area (Å²) in [7, 11) is 0. The topological polar surface area (TPSA) is 26.0 Å². The Bertz CT molecular complexity index is 629. The molecule has 0 saturated heterocycles. The summed E-state index contributed by atoms with van der Waals surface area (Å²) in [5, 5.41) is 0. The Hall–Kier alpha value is -0.980. The van der Waals surface area contributed by atoms with Gasteiger partial charge in [0.1, 0.15) is 0 Å². The minimum Gasteiger partial charge on any atom is -0.330 e. The molecule has 0 radical (unpaired) electrons. The minimum atomic E-state index is -4.36. The van der Waals surface area contributed by atoms with Gasteiger partial charge in [-0.2, -0.15) is 13.2 Å². The van der Waals surface area contributed by atoms with E-state index in [4.69, 9.17) is 5.73 Å². The van der Waals surface area contributed by atoms with Crippen molar-refractivity contribution in [2.24, 2.45) is 5.73 Å². The molecule has 0 spiro atoms. The van der Waals surface area contributed by atoms with Crippen molar-refractivity contribution < 1.29 is 13.2 Å². The zero-order valence-corrected chi connectivity index (χ0v) is 13.4. The summed E-state index contributed by atoms with van der Waals surface area (Å²) in [6, 6.07) is 11.8. The van der Waals surface area contributed by atoms with E-state index in [2.05, 4.69) is 15.9 Å². The minimum absolute atomic E-state index is 0.196. The Morgan fingerprint density at radius 3 is 2.38 bits per heavy atom. The van der Waals surface area contributed by atoms with Gasteiger partial charge in [0.15, 0.2) is 0 Å². The van der Waals surface area contributed by atoms with Gasteiger partial charge in [-0.3, -0.25) is 0 Å². The lowest BCUT2D eigenvalue weighted by molar-refractivity contribution is -0.138. The lowest BCUT2D eigenvalue weighted by Gasteiger charge is -2.14. The van der Waals surface area contributed by atoms with Gasteiger partial charge in [-0.05, 0) is 48.9 Å². The Balaban J connectivity index is 2.33. The molecule has 21 heavy (non-hydrogen) atoms. The van der Waals surface area contributed by atoms with Gasteiger partial charge in [-0.15, -0.1) is 0 Å². The van der Waals surface area contributed by atoms with Crippen LogP contribution < -0.4 is 5.73 Å². The first-order valence-electron chi connectivity index (χ1n) is 6.24. The molecule has 2 aromatic carbocycles. The van der Waals surface area contributed by atoms with Gasteiger partial charge in [0.05, 0.1) is 5.56 Å². The van der Waals surface area contributed by atoms with E-state index >= 15 is 0 Å². The number of benzene rings is 2. The molecule has 0 fully saturated rings. The van der Waals surface area contributed by atoms with E-state index in [9.17, 15) is 13.2 Å². The number of hydrogen-bond donors (Lipinski definition) is 1. The molecule has 1 nitrogen and oxygen atoms in total. The SMILES string of the molecule is NCCc1ccc(Sc2cccc(Br)c2)cc1C(F)(F)F. The monoisotopic (exact) mass is 375 g/mol.